The third kappa shape index (κ3) is 4.27. The second kappa shape index (κ2) is 7.51. The second-order valence-electron chi connectivity index (χ2n) is 5.23. The second-order valence-corrected chi connectivity index (χ2v) is 7.11. The molecule has 134 valence electrons. The van der Waals surface area contributed by atoms with Crippen LogP contribution in [-0.4, -0.2) is 44.1 Å². The van der Waals surface area contributed by atoms with Crippen molar-refractivity contribution in [3.63, 3.8) is 0 Å². The van der Waals surface area contributed by atoms with Gasteiger partial charge in [-0.3, -0.25) is 4.79 Å². The zero-order valence-electron chi connectivity index (χ0n) is 13.5. The molecule has 1 aromatic carbocycles. The van der Waals surface area contributed by atoms with E-state index in [1.54, 1.807) is 25.1 Å². The van der Waals surface area contributed by atoms with Crippen LogP contribution in [0.25, 0.3) is 0 Å². The maximum atomic E-state index is 12.8. The highest BCUT2D eigenvalue weighted by Crippen LogP contribution is 2.22. The van der Waals surface area contributed by atoms with Gasteiger partial charge in [0.2, 0.25) is 15.8 Å². The minimum absolute atomic E-state index is 0.00868. The molecule has 0 saturated carbocycles. The van der Waals surface area contributed by atoms with Crippen LogP contribution in [0.3, 0.4) is 0 Å². The molecule has 0 aliphatic rings. The number of carbonyl (C=O) groups excluding carboxylic acids is 1. The summed E-state index contributed by atoms with van der Waals surface area (Å²) in [6.45, 7) is -0.00868. The first kappa shape index (κ1) is 18.7. The Morgan fingerprint density at radius 1 is 1.24 bits per heavy atom. The van der Waals surface area contributed by atoms with Crippen LogP contribution in [0.2, 0.25) is 0 Å². The number of amides is 1. The van der Waals surface area contributed by atoms with Crippen LogP contribution >= 0.6 is 0 Å². The van der Waals surface area contributed by atoms with Crippen LogP contribution in [0.15, 0.2) is 41.4 Å². The van der Waals surface area contributed by atoms with Crippen LogP contribution in [0, 0.1) is 0 Å². The first-order chi connectivity index (χ1) is 11.7. The molecule has 1 amide bonds. The Hall–Kier alpha value is -2.62. The predicted molar refractivity (Wildman–Crippen MR) is 87.2 cm³/mol. The summed E-state index contributed by atoms with van der Waals surface area (Å²) in [6.07, 6.45) is 1.51. The summed E-state index contributed by atoms with van der Waals surface area (Å²) < 4.78 is 48.9. The Morgan fingerprint density at radius 2 is 1.92 bits per heavy atom. The van der Waals surface area contributed by atoms with Crippen molar-refractivity contribution >= 4 is 21.7 Å². The minimum atomic E-state index is -4.88. The molecule has 0 aliphatic carbocycles. The van der Waals surface area contributed by atoms with Crippen LogP contribution in [0.4, 0.5) is 14.7 Å². The third-order valence-electron chi connectivity index (χ3n) is 3.20. The monoisotopic (exact) mass is 370 g/mol. The SMILES string of the molecule is CN(C)c1nccc(CNC(=O)c2ccccc2S(=O)(=O)C(F)F)n1. The number of halogens is 2. The van der Waals surface area contributed by atoms with Gasteiger partial charge in [0.25, 0.3) is 5.91 Å². The number of rotatable bonds is 6. The Morgan fingerprint density at radius 3 is 2.56 bits per heavy atom. The molecule has 0 aliphatic heterocycles. The number of nitrogens with zero attached hydrogens (tertiary/aromatic N) is 3. The molecular formula is C15H16F2N4O3S. The molecule has 2 rings (SSSR count). The molecular weight excluding hydrogens is 354 g/mol. The van der Waals surface area contributed by atoms with E-state index in [2.05, 4.69) is 15.3 Å². The summed E-state index contributed by atoms with van der Waals surface area (Å²) in [4.78, 5) is 21.4. The number of nitrogens with one attached hydrogen (secondary N) is 1. The molecule has 1 aromatic heterocycles. The molecule has 0 radical (unpaired) electrons. The number of benzene rings is 1. The summed E-state index contributed by atoms with van der Waals surface area (Å²) in [6, 6.07) is 6.41. The summed E-state index contributed by atoms with van der Waals surface area (Å²) in [5.74, 6) is -3.96. The van der Waals surface area contributed by atoms with E-state index < -0.39 is 26.4 Å². The Balaban J connectivity index is 2.21. The van der Waals surface area contributed by atoms with Gasteiger partial charge in [-0.2, -0.15) is 8.78 Å². The lowest BCUT2D eigenvalue weighted by molar-refractivity contribution is 0.0947. The van der Waals surface area contributed by atoms with Crippen LogP contribution in [0.1, 0.15) is 16.1 Å². The van der Waals surface area contributed by atoms with Gasteiger partial charge in [0.1, 0.15) is 0 Å². The lowest BCUT2D eigenvalue weighted by Gasteiger charge is -2.12. The van der Waals surface area contributed by atoms with Crippen molar-refractivity contribution in [2.24, 2.45) is 0 Å². The number of sulfone groups is 1. The average Bonchev–Trinajstić information content (AvgIpc) is 2.59. The number of aromatic nitrogens is 2. The molecule has 25 heavy (non-hydrogen) atoms. The summed E-state index contributed by atoms with van der Waals surface area (Å²) in [5, 5.41) is 2.48. The van der Waals surface area contributed by atoms with Gasteiger partial charge in [-0.25, -0.2) is 18.4 Å². The zero-order chi connectivity index (χ0) is 18.6. The molecule has 0 saturated heterocycles. The summed E-state index contributed by atoms with van der Waals surface area (Å²) in [5.41, 5.74) is 0.144. The Bertz CT molecular complexity index is 873. The molecule has 0 unspecified atom stereocenters. The number of hydrogen-bond acceptors (Lipinski definition) is 6. The van der Waals surface area contributed by atoms with E-state index >= 15 is 0 Å². The van der Waals surface area contributed by atoms with Crippen LogP contribution in [0.5, 0.6) is 0 Å². The number of carbonyl (C=O) groups is 1. The molecule has 0 bridgehead atoms. The largest absolute Gasteiger partial charge is 0.347 e. The zero-order valence-corrected chi connectivity index (χ0v) is 14.3. The Labute approximate surface area is 143 Å². The molecule has 1 heterocycles. The van der Waals surface area contributed by atoms with E-state index in [0.717, 1.165) is 6.07 Å². The molecule has 0 spiro atoms. The number of hydrogen-bond donors (Lipinski definition) is 1. The van der Waals surface area contributed by atoms with Crippen molar-refractivity contribution in [1.29, 1.82) is 0 Å². The van der Waals surface area contributed by atoms with Crippen molar-refractivity contribution < 1.29 is 22.0 Å². The van der Waals surface area contributed by atoms with E-state index in [4.69, 9.17) is 0 Å². The van der Waals surface area contributed by atoms with Crippen molar-refractivity contribution in [2.45, 2.75) is 17.2 Å². The first-order valence-electron chi connectivity index (χ1n) is 7.12. The predicted octanol–water partition coefficient (Wildman–Crippen LogP) is 1.47. The van der Waals surface area contributed by atoms with Gasteiger partial charge in [-0.15, -0.1) is 0 Å². The van der Waals surface area contributed by atoms with E-state index in [9.17, 15) is 22.0 Å². The summed E-state index contributed by atoms with van der Waals surface area (Å²) in [7, 11) is -1.37. The standard InChI is InChI=1S/C15H16F2N4O3S/c1-21(2)15-18-8-7-10(20-15)9-19-13(22)11-5-3-4-6-12(11)25(23,24)14(16)17/h3-8,14H,9H2,1-2H3,(H,19,22). The fourth-order valence-electron chi connectivity index (χ4n) is 1.96. The molecule has 1 N–H and O–H groups in total. The fraction of sp³-hybridized carbons (Fsp3) is 0.267. The quantitative estimate of drug-likeness (QED) is 0.828. The molecule has 0 atom stereocenters. The van der Waals surface area contributed by atoms with E-state index in [-0.39, 0.29) is 12.1 Å². The van der Waals surface area contributed by atoms with Gasteiger partial charge < -0.3 is 10.2 Å². The highest BCUT2D eigenvalue weighted by Gasteiger charge is 2.30. The van der Waals surface area contributed by atoms with E-state index in [1.807, 2.05) is 0 Å². The van der Waals surface area contributed by atoms with E-state index in [0.29, 0.717) is 11.6 Å². The van der Waals surface area contributed by atoms with Crippen LogP contribution < -0.4 is 10.2 Å². The van der Waals surface area contributed by atoms with Gasteiger partial charge >= 0.3 is 5.76 Å². The molecule has 0 fully saturated rings. The third-order valence-corrected chi connectivity index (χ3v) is 4.64. The van der Waals surface area contributed by atoms with Crippen LogP contribution in [-0.2, 0) is 16.4 Å². The highest BCUT2D eigenvalue weighted by atomic mass is 32.2. The van der Waals surface area contributed by atoms with Crippen molar-refractivity contribution in [2.75, 3.05) is 19.0 Å². The number of alkyl halides is 2. The molecule has 7 nitrogen and oxygen atoms in total. The molecule has 10 heteroatoms. The summed E-state index contributed by atoms with van der Waals surface area (Å²) >= 11 is 0. The average molecular weight is 370 g/mol. The maximum Gasteiger partial charge on any atom is 0.341 e. The number of anilines is 1. The van der Waals surface area contributed by atoms with Crippen molar-refractivity contribution in [3.8, 4) is 0 Å². The van der Waals surface area contributed by atoms with E-state index in [1.165, 1.54) is 24.4 Å². The lowest BCUT2D eigenvalue weighted by Crippen LogP contribution is -2.26. The van der Waals surface area contributed by atoms with Gasteiger partial charge in [0.05, 0.1) is 22.7 Å². The normalized spacial score (nSPS) is 11.4. The Kier molecular flexibility index (Phi) is 5.62. The minimum Gasteiger partial charge on any atom is -0.347 e. The van der Waals surface area contributed by atoms with Gasteiger partial charge in [0.15, 0.2) is 0 Å². The lowest BCUT2D eigenvalue weighted by atomic mass is 10.2. The first-order valence-corrected chi connectivity index (χ1v) is 8.66. The van der Waals surface area contributed by atoms with Crippen molar-refractivity contribution in [3.05, 3.63) is 47.8 Å². The van der Waals surface area contributed by atoms with Gasteiger partial charge in [-0.05, 0) is 18.2 Å². The fourth-order valence-corrected chi connectivity index (χ4v) is 2.89. The molecule has 2 aromatic rings. The smallest absolute Gasteiger partial charge is 0.341 e. The van der Waals surface area contributed by atoms with Gasteiger partial charge in [0, 0.05) is 20.3 Å². The maximum absolute atomic E-state index is 12.8. The highest BCUT2D eigenvalue weighted by molar-refractivity contribution is 7.91. The topological polar surface area (TPSA) is 92.3 Å². The van der Waals surface area contributed by atoms with Crippen molar-refractivity contribution in [1.82, 2.24) is 15.3 Å². The van der Waals surface area contributed by atoms with Gasteiger partial charge in [-0.1, -0.05) is 12.1 Å².